The summed E-state index contributed by atoms with van der Waals surface area (Å²) in [6, 6.07) is 9.89. The van der Waals surface area contributed by atoms with E-state index in [0.29, 0.717) is 17.5 Å². The number of piperidine rings is 1. The molecule has 0 unspecified atom stereocenters. The van der Waals surface area contributed by atoms with Crippen molar-refractivity contribution in [2.24, 2.45) is 5.92 Å². The van der Waals surface area contributed by atoms with Gasteiger partial charge < -0.3 is 15.3 Å². The van der Waals surface area contributed by atoms with Crippen LogP contribution in [0.25, 0.3) is 10.9 Å². The minimum absolute atomic E-state index is 0.534. The van der Waals surface area contributed by atoms with Crippen LogP contribution in [0.1, 0.15) is 19.3 Å². The van der Waals surface area contributed by atoms with Crippen LogP contribution in [0.4, 0.5) is 10.6 Å². The molecule has 0 saturated carbocycles. The Morgan fingerprint density at radius 2 is 2.04 bits per heavy atom. The number of aromatic nitrogens is 1. The number of anilines is 1. The minimum Gasteiger partial charge on any atom is -0.465 e. The number of hydrogen-bond acceptors (Lipinski definition) is 3. The predicted molar refractivity (Wildman–Crippen MR) is 92.3 cm³/mol. The topological polar surface area (TPSA) is 65.5 Å². The number of nitrogens with one attached hydrogen (secondary N) is 1. The average Bonchev–Trinajstić information content (AvgIpc) is 2.54. The van der Waals surface area contributed by atoms with E-state index in [-0.39, 0.29) is 0 Å². The summed E-state index contributed by atoms with van der Waals surface area (Å²) >= 11 is 6.05. The van der Waals surface area contributed by atoms with Crippen molar-refractivity contribution in [3.8, 4) is 0 Å². The minimum atomic E-state index is -0.943. The lowest BCUT2D eigenvalue weighted by molar-refractivity contribution is 0.193. The first-order valence-corrected chi connectivity index (χ1v) is 8.27. The first kappa shape index (κ1) is 15.9. The normalized spacial score (nSPS) is 15.8. The molecule has 0 spiro atoms. The van der Waals surface area contributed by atoms with Crippen LogP contribution in [-0.2, 0) is 0 Å². The van der Waals surface area contributed by atoms with Crippen LogP contribution in [0.2, 0.25) is 5.02 Å². The third-order valence-electron chi connectivity index (χ3n) is 4.41. The van der Waals surface area contributed by atoms with E-state index in [1.807, 2.05) is 18.2 Å². The molecule has 2 N–H and O–H groups in total. The van der Waals surface area contributed by atoms with Gasteiger partial charge >= 0.3 is 6.09 Å². The molecular weight excluding hydrogens is 314 g/mol. The average molecular weight is 334 g/mol. The van der Waals surface area contributed by atoms with E-state index in [4.69, 9.17) is 21.7 Å². The summed E-state index contributed by atoms with van der Waals surface area (Å²) in [5.74, 6) is 1.56. The van der Waals surface area contributed by atoms with Crippen LogP contribution in [0.3, 0.4) is 0 Å². The highest BCUT2D eigenvalue weighted by molar-refractivity contribution is 6.31. The summed E-state index contributed by atoms with van der Waals surface area (Å²) in [6.45, 7) is 2.44. The van der Waals surface area contributed by atoms with Crippen molar-refractivity contribution in [1.29, 1.82) is 0 Å². The summed E-state index contributed by atoms with van der Waals surface area (Å²) in [6.07, 6.45) is 2.09. The van der Waals surface area contributed by atoms with Crippen molar-refractivity contribution in [1.82, 2.24) is 10.3 Å². The summed E-state index contributed by atoms with van der Waals surface area (Å²) in [5, 5.41) is 12.8. The van der Waals surface area contributed by atoms with Gasteiger partial charge in [-0.25, -0.2) is 9.78 Å². The first-order chi connectivity index (χ1) is 11.1. The molecule has 0 aliphatic carbocycles. The quantitative estimate of drug-likeness (QED) is 0.894. The number of benzene rings is 1. The van der Waals surface area contributed by atoms with Crippen LogP contribution >= 0.6 is 11.6 Å². The van der Waals surface area contributed by atoms with Gasteiger partial charge in [0.2, 0.25) is 0 Å². The summed E-state index contributed by atoms with van der Waals surface area (Å²) < 4.78 is 0. The van der Waals surface area contributed by atoms with Gasteiger partial charge in [0.05, 0.1) is 5.52 Å². The molecule has 122 valence electrons. The third kappa shape index (κ3) is 4.05. The van der Waals surface area contributed by atoms with Crippen molar-refractivity contribution in [2.75, 3.05) is 24.5 Å². The van der Waals surface area contributed by atoms with Gasteiger partial charge in [-0.2, -0.15) is 0 Å². The highest BCUT2D eigenvalue weighted by Crippen LogP contribution is 2.26. The van der Waals surface area contributed by atoms with Gasteiger partial charge in [-0.1, -0.05) is 17.7 Å². The van der Waals surface area contributed by atoms with Gasteiger partial charge in [0.25, 0.3) is 0 Å². The van der Waals surface area contributed by atoms with Crippen molar-refractivity contribution in [3.05, 3.63) is 35.4 Å². The van der Waals surface area contributed by atoms with E-state index in [1.54, 1.807) is 0 Å². The van der Waals surface area contributed by atoms with Gasteiger partial charge in [-0.05, 0) is 49.4 Å². The maximum atomic E-state index is 10.5. The molecule has 1 aliphatic heterocycles. The van der Waals surface area contributed by atoms with E-state index in [9.17, 15) is 4.79 Å². The van der Waals surface area contributed by atoms with Crippen molar-refractivity contribution < 1.29 is 9.90 Å². The van der Waals surface area contributed by atoms with Crippen molar-refractivity contribution >= 4 is 34.4 Å². The molecule has 23 heavy (non-hydrogen) atoms. The van der Waals surface area contributed by atoms with Crippen LogP contribution in [-0.4, -0.2) is 35.8 Å². The fraction of sp³-hybridized carbons (Fsp3) is 0.412. The van der Waals surface area contributed by atoms with Crippen molar-refractivity contribution in [3.63, 3.8) is 0 Å². The SMILES string of the molecule is O=C(O)NCCC1CCN(c2ccc3ccc(Cl)cc3n2)CC1. The summed E-state index contributed by atoms with van der Waals surface area (Å²) in [4.78, 5) is 17.5. The Hall–Kier alpha value is -2.01. The predicted octanol–water partition coefficient (Wildman–Crippen LogP) is 3.76. The van der Waals surface area contributed by atoms with E-state index in [2.05, 4.69) is 22.3 Å². The van der Waals surface area contributed by atoms with Crippen LogP contribution in [0.15, 0.2) is 30.3 Å². The number of fused-ring (bicyclic) bond motifs is 1. The largest absolute Gasteiger partial charge is 0.465 e. The zero-order chi connectivity index (χ0) is 16.2. The summed E-state index contributed by atoms with van der Waals surface area (Å²) in [5.41, 5.74) is 0.919. The molecule has 5 nitrogen and oxygen atoms in total. The molecule has 0 atom stereocenters. The highest BCUT2D eigenvalue weighted by atomic mass is 35.5. The van der Waals surface area contributed by atoms with Crippen LogP contribution < -0.4 is 10.2 Å². The third-order valence-corrected chi connectivity index (χ3v) is 4.64. The molecule has 0 radical (unpaired) electrons. The van der Waals surface area contributed by atoms with Gasteiger partial charge in [-0.3, -0.25) is 0 Å². The molecule has 2 heterocycles. The van der Waals surface area contributed by atoms with Gasteiger partial charge in [0.1, 0.15) is 5.82 Å². The molecule has 3 rings (SSSR count). The highest BCUT2D eigenvalue weighted by Gasteiger charge is 2.20. The van der Waals surface area contributed by atoms with Gasteiger partial charge in [0.15, 0.2) is 0 Å². The smallest absolute Gasteiger partial charge is 0.404 e. The Labute approximate surface area is 140 Å². The number of rotatable bonds is 4. The Morgan fingerprint density at radius 1 is 1.30 bits per heavy atom. The van der Waals surface area contributed by atoms with Gasteiger partial charge in [-0.15, -0.1) is 0 Å². The zero-order valence-electron chi connectivity index (χ0n) is 12.8. The van der Waals surface area contributed by atoms with Crippen LogP contribution in [0.5, 0.6) is 0 Å². The summed E-state index contributed by atoms with van der Waals surface area (Å²) in [7, 11) is 0. The van der Waals surface area contributed by atoms with E-state index >= 15 is 0 Å². The molecule has 1 fully saturated rings. The second kappa shape index (κ2) is 7.04. The molecule has 2 aromatic rings. The molecule has 1 amide bonds. The Bertz CT molecular complexity index is 699. The number of amides is 1. The zero-order valence-corrected chi connectivity index (χ0v) is 13.6. The number of carbonyl (C=O) groups is 1. The molecule has 1 aromatic carbocycles. The lowest BCUT2D eigenvalue weighted by atomic mass is 9.93. The lowest BCUT2D eigenvalue weighted by Gasteiger charge is -2.33. The second-order valence-corrected chi connectivity index (χ2v) is 6.39. The molecule has 1 saturated heterocycles. The van der Waals surface area contributed by atoms with Crippen LogP contribution in [0, 0.1) is 5.92 Å². The van der Waals surface area contributed by atoms with Gasteiger partial charge in [0, 0.05) is 30.0 Å². The fourth-order valence-corrected chi connectivity index (χ4v) is 3.26. The van der Waals surface area contributed by atoms with E-state index in [1.165, 1.54) is 0 Å². The standard InChI is InChI=1S/C17H20ClN3O2/c18-14-3-1-13-2-4-16(20-15(13)11-14)21-9-6-12(7-10-21)5-8-19-17(22)23/h1-4,11-12,19H,5-10H2,(H,22,23). The Morgan fingerprint density at radius 3 is 2.78 bits per heavy atom. The number of hydrogen-bond donors (Lipinski definition) is 2. The molecular formula is C17H20ClN3O2. The molecule has 1 aromatic heterocycles. The molecule has 6 heteroatoms. The maximum Gasteiger partial charge on any atom is 0.404 e. The van der Waals surface area contributed by atoms with E-state index < -0.39 is 6.09 Å². The molecule has 1 aliphatic rings. The monoisotopic (exact) mass is 333 g/mol. The Balaban J connectivity index is 1.60. The number of pyridine rings is 1. The first-order valence-electron chi connectivity index (χ1n) is 7.90. The fourth-order valence-electron chi connectivity index (χ4n) is 3.09. The second-order valence-electron chi connectivity index (χ2n) is 5.96. The number of carboxylic acid groups (broad SMARTS) is 1. The van der Waals surface area contributed by atoms with Crippen molar-refractivity contribution in [2.45, 2.75) is 19.3 Å². The Kier molecular flexibility index (Phi) is 4.86. The number of nitrogens with zero attached hydrogens (tertiary/aromatic N) is 2. The molecule has 0 bridgehead atoms. The maximum absolute atomic E-state index is 10.5. The number of halogens is 1. The van der Waals surface area contributed by atoms with E-state index in [0.717, 1.165) is 49.1 Å². The lowest BCUT2D eigenvalue weighted by Crippen LogP contribution is -2.35.